The maximum absolute atomic E-state index is 11.1. The average Bonchev–Trinajstić information content (AvgIpc) is 2.19. The first-order chi connectivity index (χ1) is 7.14. The highest BCUT2D eigenvalue weighted by atomic mass is 32.2. The van der Waals surface area contributed by atoms with Gasteiger partial charge in [-0.05, 0) is 12.3 Å². The number of sulfonamides is 1. The molecule has 1 aliphatic carbocycles. The SMILES string of the molecule is N#CCS(=O)(=O)NCCC1CCCCC1. The second-order valence-electron chi connectivity index (χ2n) is 4.10. The zero-order valence-corrected chi connectivity index (χ0v) is 9.72. The lowest BCUT2D eigenvalue weighted by Gasteiger charge is -2.21. The van der Waals surface area contributed by atoms with Gasteiger partial charge in [0.1, 0.15) is 0 Å². The maximum Gasteiger partial charge on any atom is 0.225 e. The van der Waals surface area contributed by atoms with E-state index < -0.39 is 15.8 Å². The first kappa shape index (κ1) is 12.5. The molecular formula is C10H18N2O2S. The van der Waals surface area contributed by atoms with E-state index >= 15 is 0 Å². The number of rotatable bonds is 5. The first-order valence-electron chi connectivity index (χ1n) is 5.48. The first-order valence-corrected chi connectivity index (χ1v) is 7.13. The fourth-order valence-electron chi connectivity index (χ4n) is 2.03. The summed E-state index contributed by atoms with van der Waals surface area (Å²) in [5.41, 5.74) is 0. The van der Waals surface area contributed by atoms with Crippen molar-refractivity contribution in [3.05, 3.63) is 0 Å². The minimum absolute atomic E-state index is 0.433. The molecule has 0 aromatic heterocycles. The van der Waals surface area contributed by atoms with Crippen LogP contribution in [0, 0.1) is 17.2 Å². The maximum atomic E-state index is 11.1. The number of hydrogen-bond donors (Lipinski definition) is 1. The predicted molar refractivity (Wildman–Crippen MR) is 58.6 cm³/mol. The molecule has 86 valence electrons. The second-order valence-corrected chi connectivity index (χ2v) is 5.91. The molecule has 0 heterocycles. The fourth-order valence-corrected chi connectivity index (χ4v) is 2.73. The van der Waals surface area contributed by atoms with Gasteiger partial charge in [-0.1, -0.05) is 32.1 Å². The Hall–Kier alpha value is -0.600. The molecule has 15 heavy (non-hydrogen) atoms. The molecule has 0 amide bonds. The van der Waals surface area contributed by atoms with Crippen LogP contribution in [0.3, 0.4) is 0 Å². The molecule has 0 aliphatic heterocycles. The van der Waals surface area contributed by atoms with Crippen LogP contribution in [0.4, 0.5) is 0 Å². The van der Waals surface area contributed by atoms with Crippen LogP contribution >= 0.6 is 0 Å². The summed E-state index contributed by atoms with van der Waals surface area (Å²) in [7, 11) is -3.34. The Morgan fingerprint density at radius 1 is 1.27 bits per heavy atom. The lowest BCUT2D eigenvalue weighted by atomic mass is 9.87. The molecule has 0 aromatic rings. The van der Waals surface area contributed by atoms with Crippen molar-refractivity contribution in [3.8, 4) is 6.07 Å². The van der Waals surface area contributed by atoms with Crippen LogP contribution in [0.2, 0.25) is 0 Å². The van der Waals surface area contributed by atoms with Crippen molar-refractivity contribution in [2.45, 2.75) is 38.5 Å². The summed E-state index contributed by atoms with van der Waals surface area (Å²) in [6.45, 7) is 0.481. The molecule has 5 heteroatoms. The lowest BCUT2D eigenvalue weighted by Crippen LogP contribution is -2.28. The third-order valence-corrected chi connectivity index (χ3v) is 4.01. The van der Waals surface area contributed by atoms with Crippen molar-refractivity contribution in [1.29, 1.82) is 5.26 Å². The van der Waals surface area contributed by atoms with Crippen LogP contribution in [-0.2, 0) is 10.0 Å². The van der Waals surface area contributed by atoms with Crippen molar-refractivity contribution in [1.82, 2.24) is 4.72 Å². The van der Waals surface area contributed by atoms with E-state index in [1.165, 1.54) is 32.1 Å². The van der Waals surface area contributed by atoms with E-state index in [0.29, 0.717) is 12.5 Å². The van der Waals surface area contributed by atoms with Crippen LogP contribution in [-0.4, -0.2) is 20.7 Å². The molecule has 0 unspecified atom stereocenters. The van der Waals surface area contributed by atoms with Gasteiger partial charge in [-0.2, -0.15) is 5.26 Å². The van der Waals surface area contributed by atoms with E-state index in [4.69, 9.17) is 5.26 Å². The van der Waals surface area contributed by atoms with Gasteiger partial charge in [-0.25, -0.2) is 13.1 Å². The molecule has 1 saturated carbocycles. The van der Waals surface area contributed by atoms with Crippen LogP contribution < -0.4 is 4.72 Å². The summed E-state index contributed by atoms with van der Waals surface area (Å²) in [4.78, 5) is 0. The van der Waals surface area contributed by atoms with E-state index in [1.807, 2.05) is 0 Å². The van der Waals surface area contributed by atoms with E-state index in [0.717, 1.165) is 6.42 Å². The van der Waals surface area contributed by atoms with Crippen molar-refractivity contribution >= 4 is 10.0 Å². The van der Waals surface area contributed by atoms with Crippen LogP contribution in [0.25, 0.3) is 0 Å². The van der Waals surface area contributed by atoms with Crippen LogP contribution in [0.5, 0.6) is 0 Å². The molecule has 0 saturated heterocycles. The van der Waals surface area contributed by atoms with Gasteiger partial charge in [-0.15, -0.1) is 0 Å². The standard InChI is InChI=1S/C10H18N2O2S/c11-7-9-15(13,14)12-8-6-10-4-2-1-3-5-10/h10,12H,1-6,8-9H2. The Balaban J connectivity index is 2.18. The number of nitrogens with zero attached hydrogens (tertiary/aromatic N) is 1. The number of hydrogen-bond acceptors (Lipinski definition) is 3. The highest BCUT2D eigenvalue weighted by Gasteiger charge is 2.14. The molecular weight excluding hydrogens is 212 g/mol. The van der Waals surface area contributed by atoms with Gasteiger partial charge in [0.05, 0.1) is 6.07 Å². The Kier molecular flexibility index (Phi) is 5.06. The summed E-state index contributed by atoms with van der Waals surface area (Å²) < 4.78 is 24.7. The van der Waals surface area contributed by atoms with Gasteiger partial charge in [-0.3, -0.25) is 0 Å². The summed E-state index contributed by atoms with van der Waals surface area (Å²) in [5, 5.41) is 8.28. The van der Waals surface area contributed by atoms with Gasteiger partial charge in [0.15, 0.2) is 5.75 Å². The quantitative estimate of drug-likeness (QED) is 0.776. The Morgan fingerprint density at radius 3 is 2.53 bits per heavy atom. The minimum Gasteiger partial charge on any atom is -0.214 e. The normalized spacial score (nSPS) is 18.6. The Bertz CT molecular complexity index is 313. The average molecular weight is 230 g/mol. The second kappa shape index (κ2) is 6.09. The van der Waals surface area contributed by atoms with Crippen LogP contribution in [0.1, 0.15) is 38.5 Å². The summed E-state index contributed by atoms with van der Waals surface area (Å²) in [6.07, 6.45) is 7.21. The fraction of sp³-hybridized carbons (Fsp3) is 0.900. The monoisotopic (exact) mass is 230 g/mol. The van der Waals surface area contributed by atoms with E-state index in [2.05, 4.69) is 4.72 Å². The number of nitrogens with one attached hydrogen (secondary N) is 1. The van der Waals surface area contributed by atoms with E-state index in [9.17, 15) is 8.42 Å². The minimum atomic E-state index is -3.34. The molecule has 0 bridgehead atoms. The molecule has 4 nitrogen and oxygen atoms in total. The van der Waals surface area contributed by atoms with Gasteiger partial charge >= 0.3 is 0 Å². The van der Waals surface area contributed by atoms with Gasteiger partial charge in [0.2, 0.25) is 10.0 Å². The zero-order valence-electron chi connectivity index (χ0n) is 8.91. The molecule has 1 N–H and O–H groups in total. The Labute approximate surface area is 91.7 Å². The molecule has 0 radical (unpaired) electrons. The molecule has 0 aromatic carbocycles. The Morgan fingerprint density at radius 2 is 1.93 bits per heavy atom. The molecule has 0 spiro atoms. The third kappa shape index (κ3) is 5.14. The number of nitriles is 1. The molecule has 1 fully saturated rings. The van der Waals surface area contributed by atoms with Gasteiger partial charge in [0.25, 0.3) is 0 Å². The third-order valence-electron chi connectivity index (χ3n) is 2.85. The van der Waals surface area contributed by atoms with Gasteiger partial charge in [0, 0.05) is 6.54 Å². The van der Waals surface area contributed by atoms with Crippen LogP contribution in [0.15, 0.2) is 0 Å². The van der Waals surface area contributed by atoms with Crippen molar-refractivity contribution in [2.24, 2.45) is 5.92 Å². The largest absolute Gasteiger partial charge is 0.225 e. The smallest absolute Gasteiger partial charge is 0.214 e. The van der Waals surface area contributed by atoms with E-state index in [-0.39, 0.29) is 0 Å². The zero-order chi connectivity index (χ0) is 11.1. The predicted octanol–water partition coefficient (Wildman–Crippen LogP) is 1.40. The van der Waals surface area contributed by atoms with Gasteiger partial charge < -0.3 is 0 Å². The van der Waals surface area contributed by atoms with Crippen molar-refractivity contribution < 1.29 is 8.42 Å². The summed E-state index contributed by atoms with van der Waals surface area (Å²) in [6, 6.07) is 1.65. The summed E-state index contributed by atoms with van der Waals surface area (Å²) >= 11 is 0. The van der Waals surface area contributed by atoms with E-state index in [1.54, 1.807) is 6.07 Å². The highest BCUT2D eigenvalue weighted by Crippen LogP contribution is 2.25. The molecule has 1 rings (SSSR count). The highest BCUT2D eigenvalue weighted by molar-refractivity contribution is 7.89. The van der Waals surface area contributed by atoms with Crippen molar-refractivity contribution in [2.75, 3.05) is 12.3 Å². The molecule has 0 atom stereocenters. The summed E-state index contributed by atoms with van der Waals surface area (Å²) in [5.74, 6) is 0.237. The topological polar surface area (TPSA) is 70.0 Å². The lowest BCUT2D eigenvalue weighted by molar-refractivity contribution is 0.340. The van der Waals surface area contributed by atoms with Crippen molar-refractivity contribution in [3.63, 3.8) is 0 Å². The molecule has 1 aliphatic rings.